The molecule has 1 aromatic carbocycles. The number of hydrogen-bond acceptors (Lipinski definition) is 8. The van der Waals surface area contributed by atoms with Crippen LogP contribution in [0.1, 0.15) is 17.5 Å². The Bertz CT molecular complexity index is 908. The molecule has 0 bridgehead atoms. The fourth-order valence-corrected chi connectivity index (χ4v) is 3.98. The van der Waals surface area contributed by atoms with Crippen LogP contribution in [0.4, 0.5) is 5.13 Å². The molecule has 1 saturated heterocycles. The standard InChI is InChI=1S/C17H16N4O3S3/c1-3-14-19-20-16(27-14)18-13(22)9-24-11-6-4-10(5-7-11)8-12-15(23)21(2)17(25)26-12/h4-8H,3,9H2,1-2H3,(H,18,20,22)/b12-8-. The minimum absolute atomic E-state index is 0.107. The highest BCUT2D eigenvalue weighted by Crippen LogP contribution is 2.31. The number of benzene rings is 1. The Morgan fingerprint density at radius 2 is 2.07 bits per heavy atom. The topological polar surface area (TPSA) is 84.4 Å². The lowest BCUT2D eigenvalue weighted by molar-refractivity contribution is -0.121. The van der Waals surface area contributed by atoms with Crippen molar-refractivity contribution in [1.82, 2.24) is 15.1 Å². The lowest BCUT2D eigenvalue weighted by Crippen LogP contribution is -2.22. The normalized spacial score (nSPS) is 15.5. The van der Waals surface area contributed by atoms with Crippen LogP contribution < -0.4 is 10.1 Å². The third-order valence-corrected chi connectivity index (χ3v) is 6.02. The summed E-state index contributed by atoms with van der Waals surface area (Å²) in [5.74, 6) is 0.145. The average Bonchev–Trinajstić information content (AvgIpc) is 3.21. The first-order valence-electron chi connectivity index (χ1n) is 8.03. The second-order valence-electron chi connectivity index (χ2n) is 5.50. The number of ether oxygens (including phenoxy) is 1. The van der Waals surface area contributed by atoms with E-state index in [9.17, 15) is 9.59 Å². The monoisotopic (exact) mass is 420 g/mol. The molecular formula is C17H16N4O3S3. The zero-order valence-corrected chi connectivity index (χ0v) is 17.0. The van der Waals surface area contributed by atoms with Gasteiger partial charge in [0.15, 0.2) is 6.61 Å². The van der Waals surface area contributed by atoms with Crippen molar-refractivity contribution >= 4 is 62.7 Å². The number of anilines is 1. The minimum atomic E-state index is -0.301. The first kappa shape index (κ1) is 19.5. The minimum Gasteiger partial charge on any atom is -0.484 e. The van der Waals surface area contributed by atoms with Gasteiger partial charge in [-0.3, -0.25) is 19.8 Å². The number of aryl methyl sites for hydroxylation is 1. The summed E-state index contributed by atoms with van der Waals surface area (Å²) in [6, 6.07) is 7.11. The van der Waals surface area contributed by atoms with Crippen molar-refractivity contribution < 1.29 is 14.3 Å². The van der Waals surface area contributed by atoms with Gasteiger partial charge in [-0.15, -0.1) is 10.2 Å². The van der Waals surface area contributed by atoms with Gasteiger partial charge in [-0.05, 0) is 30.2 Å². The summed E-state index contributed by atoms with van der Waals surface area (Å²) in [5.41, 5.74) is 0.849. The maximum Gasteiger partial charge on any atom is 0.265 e. The van der Waals surface area contributed by atoms with Gasteiger partial charge in [0.2, 0.25) is 5.13 Å². The molecule has 2 heterocycles. The number of nitrogens with zero attached hydrogens (tertiary/aromatic N) is 3. The van der Waals surface area contributed by atoms with Crippen LogP contribution >= 0.6 is 35.3 Å². The molecule has 3 rings (SSSR count). The third-order valence-electron chi connectivity index (χ3n) is 3.55. The van der Waals surface area contributed by atoms with Crippen molar-refractivity contribution in [2.75, 3.05) is 19.0 Å². The number of thiocarbonyl (C=S) groups is 1. The number of amides is 2. The number of hydrogen-bond donors (Lipinski definition) is 1. The third kappa shape index (κ3) is 4.90. The SMILES string of the molecule is CCc1nnc(NC(=O)COc2ccc(/C=C3\SC(=S)N(C)C3=O)cc2)s1. The smallest absolute Gasteiger partial charge is 0.265 e. The van der Waals surface area contributed by atoms with Gasteiger partial charge in [0.1, 0.15) is 15.1 Å². The molecule has 27 heavy (non-hydrogen) atoms. The molecule has 0 saturated carbocycles. The Labute approximate surface area is 169 Å². The predicted molar refractivity (Wildman–Crippen MR) is 111 cm³/mol. The lowest BCUT2D eigenvalue weighted by atomic mass is 10.2. The van der Waals surface area contributed by atoms with Gasteiger partial charge < -0.3 is 4.74 Å². The highest BCUT2D eigenvalue weighted by molar-refractivity contribution is 8.26. The van der Waals surface area contributed by atoms with Crippen LogP contribution in [0.15, 0.2) is 29.2 Å². The van der Waals surface area contributed by atoms with Crippen LogP contribution in [0, 0.1) is 0 Å². The number of aromatic nitrogens is 2. The van der Waals surface area contributed by atoms with E-state index in [1.165, 1.54) is 28.0 Å². The summed E-state index contributed by atoms with van der Waals surface area (Å²) in [6.45, 7) is 1.84. The molecule has 1 fully saturated rings. The Hall–Kier alpha value is -2.30. The van der Waals surface area contributed by atoms with E-state index in [0.29, 0.717) is 20.1 Å². The van der Waals surface area contributed by atoms with E-state index >= 15 is 0 Å². The van der Waals surface area contributed by atoms with Crippen molar-refractivity contribution in [3.8, 4) is 5.75 Å². The highest BCUT2D eigenvalue weighted by atomic mass is 32.2. The van der Waals surface area contributed by atoms with Crippen LogP contribution in [0.3, 0.4) is 0 Å². The van der Waals surface area contributed by atoms with Gasteiger partial charge in [0.25, 0.3) is 11.8 Å². The molecule has 0 atom stereocenters. The zero-order valence-electron chi connectivity index (χ0n) is 14.6. The van der Waals surface area contributed by atoms with Gasteiger partial charge >= 0.3 is 0 Å². The summed E-state index contributed by atoms with van der Waals surface area (Å²) in [6.07, 6.45) is 2.55. The van der Waals surface area contributed by atoms with E-state index in [2.05, 4.69) is 15.5 Å². The predicted octanol–water partition coefficient (Wildman–Crippen LogP) is 2.95. The Balaban J connectivity index is 1.54. The molecule has 2 amide bonds. The maximum absolute atomic E-state index is 12.0. The van der Waals surface area contributed by atoms with Gasteiger partial charge in [-0.1, -0.05) is 54.4 Å². The van der Waals surface area contributed by atoms with Gasteiger partial charge in [-0.2, -0.15) is 0 Å². The van der Waals surface area contributed by atoms with Crippen molar-refractivity contribution in [3.05, 3.63) is 39.7 Å². The summed E-state index contributed by atoms with van der Waals surface area (Å²) in [4.78, 5) is 26.0. The van der Waals surface area contributed by atoms with Crippen LogP contribution in [-0.4, -0.2) is 44.9 Å². The molecule has 1 N–H and O–H groups in total. The Morgan fingerprint density at radius 1 is 1.33 bits per heavy atom. The van der Waals surface area contributed by atoms with Crippen molar-refractivity contribution in [2.45, 2.75) is 13.3 Å². The van der Waals surface area contributed by atoms with Gasteiger partial charge in [0, 0.05) is 7.05 Å². The first-order valence-corrected chi connectivity index (χ1v) is 10.1. The van der Waals surface area contributed by atoms with E-state index < -0.39 is 0 Å². The van der Waals surface area contributed by atoms with Crippen molar-refractivity contribution in [3.63, 3.8) is 0 Å². The fraction of sp³-hybridized carbons (Fsp3) is 0.235. The summed E-state index contributed by atoms with van der Waals surface area (Å²) < 4.78 is 6.02. The molecule has 140 valence electrons. The van der Waals surface area contributed by atoms with Gasteiger partial charge in [0.05, 0.1) is 4.91 Å². The molecule has 0 radical (unpaired) electrons. The zero-order chi connectivity index (χ0) is 19.4. The number of carbonyl (C=O) groups is 2. The Kier molecular flexibility index (Phi) is 6.19. The summed E-state index contributed by atoms with van der Waals surface area (Å²) >= 11 is 7.72. The van der Waals surface area contributed by atoms with Gasteiger partial charge in [-0.25, -0.2) is 0 Å². The molecule has 0 aliphatic carbocycles. The molecule has 1 aromatic heterocycles. The lowest BCUT2D eigenvalue weighted by Gasteiger charge is -2.06. The van der Waals surface area contributed by atoms with Crippen molar-refractivity contribution in [2.24, 2.45) is 0 Å². The number of carbonyl (C=O) groups excluding carboxylic acids is 2. The molecule has 0 unspecified atom stereocenters. The number of likely N-dealkylation sites (N-methyl/N-ethyl adjacent to an activating group) is 1. The average molecular weight is 421 g/mol. The van der Waals surface area contributed by atoms with Crippen LogP contribution in [0.25, 0.3) is 6.08 Å². The number of rotatable bonds is 6. The molecule has 1 aliphatic rings. The van der Waals surface area contributed by atoms with E-state index in [1.807, 2.05) is 19.1 Å². The Morgan fingerprint density at radius 3 is 2.67 bits per heavy atom. The van der Waals surface area contributed by atoms with E-state index in [-0.39, 0.29) is 18.4 Å². The van der Waals surface area contributed by atoms with Crippen LogP contribution in [-0.2, 0) is 16.0 Å². The summed E-state index contributed by atoms with van der Waals surface area (Å²) in [7, 11) is 1.66. The second kappa shape index (κ2) is 8.59. The maximum atomic E-state index is 12.0. The summed E-state index contributed by atoms with van der Waals surface area (Å²) in [5, 5.41) is 11.8. The molecule has 0 spiro atoms. The van der Waals surface area contributed by atoms with Crippen LogP contribution in [0.5, 0.6) is 5.75 Å². The largest absolute Gasteiger partial charge is 0.484 e. The quantitative estimate of drug-likeness (QED) is 0.568. The second-order valence-corrected chi connectivity index (χ2v) is 8.24. The molecule has 2 aromatic rings. The fourth-order valence-electron chi connectivity index (χ4n) is 2.11. The van der Waals surface area contributed by atoms with E-state index in [0.717, 1.165) is 17.0 Å². The van der Waals surface area contributed by atoms with Crippen LogP contribution in [0.2, 0.25) is 0 Å². The number of nitrogens with one attached hydrogen (secondary N) is 1. The molecule has 7 nitrogen and oxygen atoms in total. The molecular weight excluding hydrogens is 404 g/mol. The van der Waals surface area contributed by atoms with Crippen molar-refractivity contribution in [1.29, 1.82) is 0 Å². The first-order chi connectivity index (χ1) is 13.0. The highest BCUT2D eigenvalue weighted by Gasteiger charge is 2.28. The molecule has 1 aliphatic heterocycles. The van der Waals surface area contributed by atoms with E-state index in [1.54, 1.807) is 25.3 Å². The van der Waals surface area contributed by atoms with E-state index in [4.69, 9.17) is 17.0 Å². The number of thioether (sulfide) groups is 1. The molecule has 10 heteroatoms.